The van der Waals surface area contributed by atoms with Crippen LogP contribution in [0.1, 0.15) is 18.4 Å². The fourth-order valence-corrected chi connectivity index (χ4v) is 2.77. The molecule has 0 N–H and O–H groups in total. The molecular formula is C11H17O3P. The Hall–Kier alpha value is -0.630. The molecule has 1 rings (SSSR count). The van der Waals surface area contributed by atoms with Crippen LogP contribution in [0.15, 0.2) is 30.3 Å². The van der Waals surface area contributed by atoms with Crippen LogP contribution in [-0.2, 0) is 13.6 Å². The first-order valence-electron chi connectivity index (χ1n) is 4.87. The Morgan fingerprint density at radius 2 is 1.73 bits per heavy atom. The van der Waals surface area contributed by atoms with Gasteiger partial charge in [0.2, 0.25) is 0 Å². The maximum atomic E-state index is 11.9. The Labute approximate surface area is 90.9 Å². The van der Waals surface area contributed by atoms with E-state index in [2.05, 4.69) is 0 Å². The highest BCUT2D eigenvalue weighted by atomic mass is 31.2. The second-order valence-corrected chi connectivity index (χ2v) is 5.79. The fraction of sp³-hybridized carbons (Fsp3) is 0.455. The molecule has 0 saturated carbocycles. The molecule has 0 saturated heterocycles. The van der Waals surface area contributed by atoms with Gasteiger partial charge >= 0.3 is 7.60 Å². The topological polar surface area (TPSA) is 35.5 Å². The molecule has 1 aromatic carbocycles. The Bertz CT molecular complexity index is 329. The van der Waals surface area contributed by atoms with Gasteiger partial charge in [-0.25, -0.2) is 0 Å². The number of hydrogen-bond donors (Lipinski definition) is 0. The molecule has 0 amide bonds. The summed E-state index contributed by atoms with van der Waals surface area (Å²) < 4.78 is 21.7. The number of rotatable bonds is 5. The first-order chi connectivity index (χ1) is 7.11. The Balaban J connectivity index is 2.71. The molecule has 1 unspecified atom stereocenters. The third-order valence-corrected chi connectivity index (χ3v) is 4.53. The van der Waals surface area contributed by atoms with Gasteiger partial charge in [-0.05, 0) is 11.5 Å². The lowest BCUT2D eigenvalue weighted by atomic mass is 10.0. The quantitative estimate of drug-likeness (QED) is 0.725. The van der Waals surface area contributed by atoms with E-state index in [4.69, 9.17) is 9.05 Å². The van der Waals surface area contributed by atoms with Gasteiger partial charge in [-0.2, -0.15) is 0 Å². The van der Waals surface area contributed by atoms with E-state index in [0.717, 1.165) is 5.56 Å². The minimum absolute atomic E-state index is 0.164. The van der Waals surface area contributed by atoms with Gasteiger partial charge in [0.15, 0.2) is 0 Å². The van der Waals surface area contributed by atoms with Crippen molar-refractivity contribution in [2.24, 2.45) is 0 Å². The summed E-state index contributed by atoms with van der Waals surface area (Å²) in [7, 11) is -0.0654. The lowest BCUT2D eigenvalue weighted by Crippen LogP contribution is -2.03. The molecule has 0 aromatic heterocycles. The highest BCUT2D eigenvalue weighted by molar-refractivity contribution is 7.53. The van der Waals surface area contributed by atoms with Crippen LogP contribution < -0.4 is 0 Å². The van der Waals surface area contributed by atoms with Crippen molar-refractivity contribution in [1.82, 2.24) is 0 Å². The molecule has 0 aliphatic carbocycles. The second kappa shape index (κ2) is 5.45. The van der Waals surface area contributed by atoms with E-state index in [1.165, 1.54) is 14.2 Å². The van der Waals surface area contributed by atoms with E-state index in [1.807, 2.05) is 37.3 Å². The standard InChI is InChI=1S/C11H17O3P/c1-10(9-15(12,13-2)14-3)11-7-5-4-6-8-11/h4-8,10H,9H2,1-3H3. The molecule has 0 spiro atoms. The van der Waals surface area contributed by atoms with Crippen LogP contribution in [0.4, 0.5) is 0 Å². The normalized spacial score (nSPS) is 13.8. The largest absolute Gasteiger partial charge is 0.330 e. The smallest absolute Gasteiger partial charge is 0.312 e. The summed E-state index contributed by atoms with van der Waals surface area (Å²) >= 11 is 0. The van der Waals surface area contributed by atoms with Crippen LogP contribution in [-0.4, -0.2) is 20.4 Å². The van der Waals surface area contributed by atoms with Crippen LogP contribution in [0.2, 0.25) is 0 Å². The van der Waals surface area contributed by atoms with Gasteiger partial charge in [0.05, 0.1) is 6.16 Å². The van der Waals surface area contributed by atoms with Gasteiger partial charge in [-0.1, -0.05) is 37.3 Å². The number of benzene rings is 1. The van der Waals surface area contributed by atoms with Gasteiger partial charge in [0, 0.05) is 14.2 Å². The van der Waals surface area contributed by atoms with E-state index >= 15 is 0 Å². The lowest BCUT2D eigenvalue weighted by Gasteiger charge is -2.18. The van der Waals surface area contributed by atoms with E-state index < -0.39 is 7.60 Å². The van der Waals surface area contributed by atoms with E-state index in [0.29, 0.717) is 6.16 Å². The van der Waals surface area contributed by atoms with Crippen molar-refractivity contribution in [3.63, 3.8) is 0 Å². The third kappa shape index (κ3) is 3.45. The van der Waals surface area contributed by atoms with Crippen molar-refractivity contribution in [1.29, 1.82) is 0 Å². The first kappa shape index (κ1) is 12.4. The summed E-state index contributed by atoms with van der Waals surface area (Å²) in [6.07, 6.45) is 0.407. The van der Waals surface area contributed by atoms with E-state index in [9.17, 15) is 4.57 Å². The molecule has 0 fully saturated rings. The van der Waals surface area contributed by atoms with Gasteiger partial charge in [-0.3, -0.25) is 4.57 Å². The summed E-state index contributed by atoms with van der Waals surface area (Å²) in [6.45, 7) is 2.01. The van der Waals surface area contributed by atoms with Crippen LogP contribution in [0.5, 0.6) is 0 Å². The van der Waals surface area contributed by atoms with Crippen LogP contribution in [0.3, 0.4) is 0 Å². The first-order valence-corrected chi connectivity index (χ1v) is 6.59. The van der Waals surface area contributed by atoms with Crippen molar-refractivity contribution in [2.75, 3.05) is 20.4 Å². The fourth-order valence-electron chi connectivity index (χ4n) is 1.45. The van der Waals surface area contributed by atoms with Gasteiger partial charge in [0.1, 0.15) is 0 Å². The Morgan fingerprint density at radius 1 is 1.20 bits per heavy atom. The zero-order valence-corrected chi connectivity index (χ0v) is 10.2. The molecule has 3 nitrogen and oxygen atoms in total. The monoisotopic (exact) mass is 228 g/mol. The van der Waals surface area contributed by atoms with Crippen LogP contribution in [0.25, 0.3) is 0 Å². The molecule has 4 heteroatoms. The molecule has 0 radical (unpaired) electrons. The SMILES string of the molecule is COP(=O)(CC(C)c1ccccc1)OC. The van der Waals surface area contributed by atoms with Crippen molar-refractivity contribution < 1.29 is 13.6 Å². The average molecular weight is 228 g/mol. The van der Waals surface area contributed by atoms with Crippen molar-refractivity contribution >= 4 is 7.60 Å². The minimum atomic E-state index is -2.90. The molecule has 1 atom stereocenters. The maximum Gasteiger partial charge on any atom is 0.330 e. The van der Waals surface area contributed by atoms with Crippen LogP contribution >= 0.6 is 7.60 Å². The highest BCUT2D eigenvalue weighted by Crippen LogP contribution is 2.49. The van der Waals surface area contributed by atoms with Gasteiger partial charge < -0.3 is 9.05 Å². The van der Waals surface area contributed by atoms with E-state index in [-0.39, 0.29) is 5.92 Å². The summed E-state index contributed by atoms with van der Waals surface area (Å²) in [5, 5.41) is 0. The predicted molar refractivity (Wildman–Crippen MR) is 61.3 cm³/mol. The summed E-state index contributed by atoms with van der Waals surface area (Å²) in [4.78, 5) is 0. The van der Waals surface area contributed by atoms with Crippen LogP contribution in [0, 0.1) is 0 Å². The molecule has 1 aromatic rings. The van der Waals surface area contributed by atoms with Crippen molar-refractivity contribution in [3.8, 4) is 0 Å². The molecule has 0 aliphatic heterocycles. The van der Waals surface area contributed by atoms with Gasteiger partial charge in [0.25, 0.3) is 0 Å². The molecule has 84 valence electrons. The van der Waals surface area contributed by atoms with E-state index in [1.54, 1.807) is 0 Å². The average Bonchev–Trinajstić information content (AvgIpc) is 2.30. The predicted octanol–water partition coefficient (Wildman–Crippen LogP) is 3.28. The molecule has 15 heavy (non-hydrogen) atoms. The highest BCUT2D eigenvalue weighted by Gasteiger charge is 2.24. The minimum Gasteiger partial charge on any atom is -0.312 e. The third-order valence-electron chi connectivity index (χ3n) is 2.42. The molecule has 0 heterocycles. The lowest BCUT2D eigenvalue weighted by molar-refractivity contribution is 0.274. The summed E-state index contributed by atoms with van der Waals surface area (Å²) in [5.41, 5.74) is 1.15. The Kier molecular flexibility index (Phi) is 4.52. The second-order valence-electron chi connectivity index (χ2n) is 3.47. The summed E-state index contributed by atoms with van der Waals surface area (Å²) in [5.74, 6) is 0.164. The summed E-state index contributed by atoms with van der Waals surface area (Å²) in [6, 6.07) is 9.93. The zero-order chi connectivity index (χ0) is 11.3. The number of hydrogen-bond acceptors (Lipinski definition) is 3. The van der Waals surface area contributed by atoms with Gasteiger partial charge in [-0.15, -0.1) is 0 Å². The Morgan fingerprint density at radius 3 is 2.20 bits per heavy atom. The molecular weight excluding hydrogens is 211 g/mol. The molecule has 0 bridgehead atoms. The molecule has 0 aliphatic rings. The van der Waals surface area contributed by atoms with Crippen molar-refractivity contribution in [3.05, 3.63) is 35.9 Å². The van der Waals surface area contributed by atoms with Crippen molar-refractivity contribution in [2.45, 2.75) is 12.8 Å². The maximum absolute atomic E-state index is 11.9. The zero-order valence-electron chi connectivity index (χ0n) is 9.34.